The summed E-state index contributed by atoms with van der Waals surface area (Å²) >= 11 is 0. The Morgan fingerprint density at radius 2 is 2.00 bits per heavy atom. The van der Waals surface area contributed by atoms with Crippen LogP contribution in [-0.2, 0) is 17.6 Å². The Hall–Kier alpha value is -1.11. The van der Waals surface area contributed by atoms with Crippen LogP contribution in [0.1, 0.15) is 37.8 Å². The molecule has 1 aromatic carbocycles. The molecule has 1 unspecified atom stereocenters. The van der Waals surface area contributed by atoms with Crippen molar-refractivity contribution in [2.75, 3.05) is 0 Å². The van der Waals surface area contributed by atoms with Gasteiger partial charge in [0.15, 0.2) is 0 Å². The highest BCUT2D eigenvalue weighted by molar-refractivity contribution is 5.76. The van der Waals surface area contributed by atoms with Crippen molar-refractivity contribution in [3.05, 3.63) is 35.4 Å². The highest BCUT2D eigenvalue weighted by Crippen LogP contribution is 2.37. The maximum atomic E-state index is 11.2. The molecule has 0 aliphatic heterocycles. The molecule has 0 spiro atoms. The van der Waals surface area contributed by atoms with E-state index in [4.69, 9.17) is 0 Å². The highest BCUT2D eigenvalue weighted by Gasteiger charge is 2.30. The summed E-state index contributed by atoms with van der Waals surface area (Å²) in [5.74, 6) is 0.317. The molecule has 0 radical (unpaired) electrons. The second kappa shape index (κ2) is 3.80. The van der Waals surface area contributed by atoms with Crippen LogP contribution in [-0.4, -0.2) is 5.78 Å². The molecule has 0 bridgehead atoms. The molecule has 2 rings (SSSR count). The molecule has 1 aromatic rings. The molecule has 0 N–H and O–H groups in total. The van der Waals surface area contributed by atoms with Gasteiger partial charge in [-0.1, -0.05) is 31.2 Å². The second-order valence-corrected chi connectivity index (χ2v) is 5.13. The zero-order valence-electron chi connectivity index (χ0n) is 9.55. The number of hydrogen-bond donors (Lipinski definition) is 0. The number of hydrogen-bond acceptors (Lipinski definition) is 1. The molecule has 0 fully saturated rings. The van der Waals surface area contributed by atoms with E-state index in [-0.39, 0.29) is 5.41 Å². The molecule has 15 heavy (non-hydrogen) atoms. The number of carbonyl (C=O) groups excluding carboxylic acids is 1. The molecule has 0 aromatic heterocycles. The van der Waals surface area contributed by atoms with E-state index in [1.165, 1.54) is 11.1 Å². The predicted molar refractivity (Wildman–Crippen MR) is 61.9 cm³/mol. The summed E-state index contributed by atoms with van der Waals surface area (Å²) in [6.07, 6.45) is 4.05. The van der Waals surface area contributed by atoms with Crippen molar-refractivity contribution >= 4 is 5.78 Å². The lowest BCUT2D eigenvalue weighted by atomic mass is 9.70. The first-order chi connectivity index (χ1) is 7.09. The van der Waals surface area contributed by atoms with Gasteiger partial charge in [-0.2, -0.15) is 0 Å². The molecular formula is C14H18O. The first kappa shape index (κ1) is 10.4. The van der Waals surface area contributed by atoms with E-state index in [0.717, 1.165) is 25.7 Å². The Morgan fingerprint density at radius 3 is 2.67 bits per heavy atom. The Balaban J connectivity index is 2.21. The summed E-state index contributed by atoms with van der Waals surface area (Å²) in [6.45, 7) is 3.94. The molecule has 0 saturated carbocycles. The highest BCUT2D eigenvalue weighted by atomic mass is 16.1. The Morgan fingerprint density at radius 1 is 1.33 bits per heavy atom. The van der Waals surface area contributed by atoms with Gasteiger partial charge in [-0.3, -0.25) is 0 Å². The van der Waals surface area contributed by atoms with E-state index < -0.39 is 0 Å². The average Bonchev–Trinajstić information content (AvgIpc) is 2.15. The molecule has 1 aliphatic rings. The monoisotopic (exact) mass is 202 g/mol. The summed E-state index contributed by atoms with van der Waals surface area (Å²) in [4.78, 5) is 11.2. The topological polar surface area (TPSA) is 17.1 Å². The number of fused-ring (bicyclic) bond motifs is 1. The van der Waals surface area contributed by atoms with Gasteiger partial charge in [0.25, 0.3) is 0 Å². The third-order valence-electron chi connectivity index (χ3n) is 3.41. The zero-order valence-corrected chi connectivity index (χ0v) is 9.55. The third kappa shape index (κ3) is 2.28. The van der Waals surface area contributed by atoms with Gasteiger partial charge in [0.05, 0.1) is 0 Å². The number of benzene rings is 1. The van der Waals surface area contributed by atoms with Gasteiger partial charge in [0, 0.05) is 6.42 Å². The van der Waals surface area contributed by atoms with Crippen molar-refractivity contribution in [2.45, 2.75) is 39.5 Å². The number of carbonyl (C=O) groups is 1. The van der Waals surface area contributed by atoms with Gasteiger partial charge >= 0.3 is 0 Å². The Labute approximate surface area is 91.5 Å². The summed E-state index contributed by atoms with van der Waals surface area (Å²) in [6, 6.07) is 8.61. The standard InChI is InChI=1S/C14H18O/c1-11(15)9-14(2)8-7-12-5-3-4-6-13(12)10-14/h3-6H,7-10H2,1-2H3. The lowest BCUT2D eigenvalue weighted by molar-refractivity contribution is -0.119. The van der Waals surface area contributed by atoms with Crippen molar-refractivity contribution in [3.8, 4) is 0 Å². The normalized spacial score (nSPS) is 24.7. The molecule has 0 amide bonds. The van der Waals surface area contributed by atoms with Crippen LogP contribution in [0.2, 0.25) is 0 Å². The molecule has 1 nitrogen and oxygen atoms in total. The number of ketones is 1. The molecule has 1 atom stereocenters. The van der Waals surface area contributed by atoms with Crippen LogP contribution >= 0.6 is 0 Å². The smallest absolute Gasteiger partial charge is 0.130 e. The van der Waals surface area contributed by atoms with Crippen LogP contribution in [0.15, 0.2) is 24.3 Å². The van der Waals surface area contributed by atoms with Gasteiger partial charge < -0.3 is 4.79 Å². The van der Waals surface area contributed by atoms with Crippen LogP contribution < -0.4 is 0 Å². The first-order valence-corrected chi connectivity index (χ1v) is 5.65. The number of aryl methyl sites for hydroxylation is 1. The van der Waals surface area contributed by atoms with E-state index in [0.29, 0.717) is 5.78 Å². The molecule has 1 heteroatoms. The van der Waals surface area contributed by atoms with Gasteiger partial charge in [-0.15, -0.1) is 0 Å². The molecule has 0 heterocycles. The Bertz CT molecular complexity index is 381. The fraction of sp³-hybridized carbons (Fsp3) is 0.500. The van der Waals surface area contributed by atoms with E-state index in [1.54, 1.807) is 6.92 Å². The second-order valence-electron chi connectivity index (χ2n) is 5.13. The van der Waals surface area contributed by atoms with Crippen molar-refractivity contribution in [3.63, 3.8) is 0 Å². The minimum Gasteiger partial charge on any atom is -0.300 e. The number of rotatable bonds is 2. The molecule has 80 valence electrons. The maximum Gasteiger partial charge on any atom is 0.130 e. The van der Waals surface area contributed by atoms with Crippen LogP contribution in [0.25, 0.3) is 0 Å². The fourth-order valence-corrected chi connectivity index (χ4v) is 2.71. The van der Waals surface area contributed by atoms with E-state index >= 15 is 0 Å². The van der Waals surface area contributed by atoms with Crippen LogP contribution in [0, 0.1) is 5.41 Å². The molecular weight excluding hydrogens is 184 g/mol. The summed E-state index contributed by atoms with van der Waals surface area (Å²) in [5.41, 5.74) is 3.10. The SMILES string of the molecule is CC(=O)CC1(C)CCc2ccccc2C1. The van der Waals surface area contributed by atoms with Gasteiger partial charge in [0.1, 0.15) is 5.78 Å². The Kier molecular flexibility index (Phi) is 2.64. The molecule has 0 saturated heterocycles. The largest absolute Gasteiger partial charge is 0.300 e. The summed E-state index contributed by atoms with van der Waals surface area (Å²) in [7, 11) is 0. The quantitative estimate of drug-likeness (QED) is 0.720. The van der Waals surface area contributed by atoms with E-state index in [2.05, 4.69) is 31.2 Å². The average molecular weight is 202 g/mol. The van der Waals surface area contributed by atoms with E-state index in [9.17, 15) is 4.79 Å². The minimum atomic E-state index is 0.195. The van der Waals surface area contributed by atoms with Crippen LogP contribution in [0.3, 0.4) is 0 Å². The first-order valence-electron chi connectivity index (χ1n) is 5.65. The maximum absolute atomic E-state index is 11.2. The van der Waals surface area contributed by atoms with Crippen LogP contribution in [0.5, 0.6) is 0 Å². The van der Waals surface area contributed by atoms with Crippen molar-refractivity contribution in [1.82, 2.24) is 0 Å². The molecule has 1 aliphatic carbocycles. The minimum absolute atomic E-state index is 0.195. The van der Waals surface area contributed by atoms with Crippen molar-refractivity contribution < 1.29 is 4.79 Å². The number of Topliss-reactive ketones (excluding diaryl/α,β-unsaturated/α-hetero) is 1. The van der Waals surface area contributed by atoms with Crippen LogP contribution in [0.4, 0.5) is 0 Å². The van der Waals surface area contributed by atoms with Gasteiger partial charge in [-0.25, -0.2) is 0 Å². The summed E-state index contributed by atoms with van der Waals surface area (Å²) < 4.78 is 0. The lowest BCUT2D eigenvalue weighted by Crippen LogP contribution is -2.27. The zero-order chi connectivity index (χ0) is 10.9. The van der Waals surface area contributed by atoms with Gasteiger partial charge in [0.2, 0.25) is 0 Å². The van der Waals surface area contributed by atoms with Crippen molar-refractivity contribution in [1.29, 1.82) is 0 Å². The summed E-state index contributed by atoms with van der Waals surface area (Å²) in [5, 5.41) is 0. The lowest BCUT2D eigenvalue weighted by Gasteiger charge is -2.34. The van der Waals surface area contributed by atoms with Gasteiger partial charge in [-0.05, 0) is 42.7 Å². The predicted octanol–water partition coefficient (Wildman–Crippen LogP) is 3.16. The van der Waals surface area contributed by atoms with E-state index in [1.807, 2.05) is 0 Å². The van der Waals surface area contributed by atoms with Crippen molar-refractivity contribution in [2.24, 2.45) is 5.41 Å². The third-order valence-corrected chi connectivity index (χ3v) is 3.41. The fourth-order valence-electron chi connectivity index (χ4n) is 2.71.